The number of carbonyl (C=O) groups excluding carboxylic acids is 1. The van der Waals surface area contributed by atoms with Crippen LogP contribution in [0.25, 0.3) is 5.57 Å². The lowest BCUT2D eigenvalue weighted by molar-refractivity contribution is -0.114. The van der Waals surface area contributed by atoms with Crippen molar-refractivity contribution in [1.82, 2.24) is 0 Å². The van der Waals surface area contributed by atoms with Gasteiger partial charge in [-0.25, -0.2) is 0 Å². The van der Waals surface area contributed by atoms with Crippen LogP contribution in [0.4, 0.5) is 0 Å². The third kappa shape index (κ3) is 2.77. The van der Waals surface area contributed by atoms with E-state index in [2.05, 4.69) is 62.4 Å². The highest BCUT2D eigenvalue weighted by Crippen LogP contribution is 2.51. The van der Waals surface area contributed by atoms with Gasteiger partial charge in [-0.05, 0) is 35.6 Å². The summed E-state index contributed by atoms with van der Waals surface area (Å²) in [5.74, 6) is 0.280. The number of benzene rings is 2. The second kappa shape index (κ2) is 5.57. The third-order valence-electron chi connectivity index (χ3n) is 4.38. The SMILES string of the molecule is CC1(C)C=C(c2cccc3c2Sc2ccccc2S3)C(=O)CC1. The summed E-state index contributed by atoms with van der Waals surface area (Å²) in [7, 11) is 0. The van der Waals surface area contributed by atoms with Crippen LogP contribution >= 0.6 is 23.5 Å². The number of allylic oxidation sites excluding steroid dienone is 2. The molecule has 1 heterocycles. The summed E-state index contributed by atoms with van der Waals surface area (Å²) in [5, 5.41) is 0. The molecule has 0 N–H and O–H groups in total. The van der Waals surface area contributed by atoms with Crippen molar-refractivity contribution in [2.75, 3.05) is 0 Å². The fraction of sp³-hybridized carbons (Fsp3) is 0.250. The molecular formula is C20H18OS2. The number of ketones is 1. The van der Waals surface area contributed by atoms with Crippen LogP contribution in [-0.4, -0.2) is 5.78 Å². The van der Waals surface area contributed by atoms with Crippen molar-refractivity contribution in [2.45, 2.75) is 46.3 Å². The molecule has 2 aromatic carbocycles. The minimum absolute atomic E-state index is 0.0936. The number of hydrogen-bond donors (Lipinski definition) is 0. The molecule has 3 heteroatoms. The van der Waals surface area contributed by atoms with Gasteiger partial charge in [-0.1, -0.05) is 67.7 Å². The van der Waals surface area contributed by atoms with E-state index in [-0.39, 0.29) is 11.2 Å². The van der Waals surface area contributed by atoms with Crippen LogP contribution in [0.5, 0.6) is 0 Å². The molecule has 116 valence electrons. The highest BCUT2D eigenvalue weighted by Gasteiger charge is 2.29. The zero-order valence-electron chi connectivity index (χ0n) is 13.3. The van der Waals surface area contributed by atoms with E-state index in [1.165, 1.54) is 19.6 Å². The Labute approximate surface area is 145 Å². The molecule has 0 spiro atoms. The Morgan fingerprint density at radius 1 is 0.913 bits per heavy atom. The van der Waals surface area contributed by atoms with Gasteiger partial charge in [-0.15, -0.1) is 0 Å². The van der Waals surface area contributed by atoms with Gasteiger partial charge >= 0.3 is 0 Å². The lowest BCUT2D eigenvalue weighted by atomic mass is 9.77. The summed E-state index contributed by atoms with van der Waals surface area (Å²) in [5.41, 5.74) is 2.11. The van der Waals surface area contributed by atoms with Gasteiger partial charge in [0, 0.05) is 31.6 Å². The standard InChI is InChI=1S/C20H18OS2/c1-20(2)11-10-15(21)14(12-20)13-6-5-9-18-19(13)23-17-8-4-3-7-16(17)22-18/h3-9,12H,10-11H2,1-2H3. The molecule has 1 aliphatic heterocycles. The van der Waals surface area contributed by atoms with Crippen LogP contribution in [0.2, 0.25) is 0 Å². The first-order valence-corrected chi connectivity index (χ1v) is 9.51. The van der Waals surface area contributed by atoms with Crippen LogP contribution < -0.4 is 0 Å². The fourth-order valence-electron chi connectivity index (χ4n) is 3.10. The quantitative estimate of drug-likeness (QED) is 0.535. The topological polar surface area (TPSA) is 17.1 Å². The molecular weight excluding hydrogens is 320 g/mol. The smallest absolute Gasteiger partial charge is 0.163 e. The Kier molecular flexibility index (Phi) is 3.66. The molecule has 23 heavy (non-hydrogen) atoms. The first-order valence-electron chi connectivity index (χ1n) is 7.88. The van der Waals surface area contributed by atoms with Crippen molar-refractivity contribution in [3.63, 3.8) is 0 Å². The molecule has 1 nitrogen and oxygen atoms in total. The molecule has 1 aliphatic carbocycles. The summed E-state index contributed by atoms with van der Waals surface area (Å²) in [4.78, 5) is 17.6. The number of carbonyl (C=O) groups is 1. The summed E-state index contributed by atoms with van der Waals surface area (Å²) >= 11 is 3.59. The van der Waals surface area contributed by atoms with E-state index in [9.17, 15) is 4.79 Å². The average Bonchev–Trinajstić information content (AvgIpc) is 2.55. The minimum atomic E-state index is 0.0936. The van der Waals surface area contributed by atoms with E-state index < -0.39 is 0 Å². The molecule has 0 aromatic heterocycles. The van der Waals surface area contributed by atoms with Gasteiger partial charge < -0.3 is 0 Å². The van der Waals surface area contributed by atoms with Crippen LogP contribution in [-0.2, 0) is 4.79 Å². The maximum atomic E-state index is 12.5. The van der Waals surface area contributed by atoms with Crippen molar-refractivity contribution < 1.29 is 4.79 Å². The van der Waals surface area contributed by atoms with Gasteiger partial charge in [0.15, 0.2) is 5.78 Å². The van der Waals surface area contributed by atoms with Gasteiger partial charge in [-0.2, -0.15) is 0 Å². The maximum Gasteiger partial charge on any atom is 0.163 e. The van der Waals surface area contributed by atoms with Gasteiger partial charge in [0.2, 0.25) is 0 Å². The van der Waals surface area contributed by atoms with E-state index in [1.54, 1.807) is 23.5 Å². The van der Waals surface area contributed by atoms with E-state index in [0.29, 0.717) is 6.42 Å². The first-order chi connectivity index (χ1) is 11.0. The zero-order valence-corrected chi connectivity index (χ0v) is 14.9. The van der Waals surface area contributed by atoms with E-state index >= 15 is 0 Å². The maximum absolute atomic E-state index is 12.5. The number of fused-ring (bicyclic) bond motifs is 2. The number of rotatable bonds is 1. The molecule has 0 radical (unpaired) electrons. The Morgan fingerprint density at radius 2 is 1.61 bits per heavy atom. The molecule has 0 bridgehead atoms. The second-order valence-corrected chi connectivity index (χ2v) is 8.89. The average molecular weight is 338 g/mol. The predicted octanol–water partition coefficient (Wildman–Crippen LogP) is 6.07. The van der Waals surface area contributed by atoms with Gasteiger partial charge in [0.25, 0.3) is 0 Å². The largest absolute Gasteiger partial charge is 0.294 e. The summed E-state index contributed by atoms with van der Waals surface area (Å²) in [6.45, 7) is 4.43. The molecule has 0 saturated heterocycles. The van der Waals surface area contributed by atoms with E-state index in [1.807, 2.05) is 0 Å². The second-order valence-electron chi connectivity index (χ2n) is 6.75. The normalized spacial score (nSPS) is 18.9. The van der Waals surface area contributed by atoms with Crippen LogP contribution in [0, 0.1) is 5.41 Å². The molecule has 0 unspecified atom stereocenters. The number of hydrogen-bond acceptors (Lipinski definition) is 3. The van der Waals surface area contributed by atoms with Crippen molar-refractivity contribution in [3.8, 4) is 0 Å². The fourth-order valence-corrected chi connectivity index (χ4v) is 5.50. The molecule has 2 aliphatic rings. The number of Topliss-reactive ketones (excluding diaryl/α,β-unsaturated/α-hetero) is 1. The minimum Gasteiger partial charge on any atom is -0.294 e. The summed E-state index contributed by atoms with van der Waals surface area (Å²) in [6, 6.07) is 14.8. The Bertz CT molecular complexity index is 833. The Hall–Kier alpha value is -1.45. The molecule has 4 rings (SSSR count). The molecule has 2 aromatic rings. The van der Waals surface area contributed by atoms with E-state index in [4.69, 9.17) is 0 Å². The molecule has 0 amide bonds. The highest BCUT2D eigenvalue weighted by molar-refractivity contribution is 8.05. The van der Waals surface area contributed by atoms with Crippen LogP contribution in [0.3, 0.4) is 0 Å². The zero-order chi connectivity index (χ0) is 16.0. The lowest BCUT2D eigenvalue weighted by Crippen LogP contribution is -2.19. The molecule has 0 atom stereocenters. The third-order valence-corrected chi connectivity index (χ3v) is 7.00. The van der Waals surface area contributed by atoms with Gasteiger partial charge in [0.1, 0.15) is 0 Å². The summed E-state index contributed by atoms with van der Waals surface area (Å²) < 4.78 is 0. The summed E-state index contributed by atoms with van der Waals surface area (Å²) in [6.07, 6.45) is 3.77. The first kappa shape index (κ1) is 15.1. The Balaban J connectivity index is 1.84. The van der Waals surface area contributed by atoms with Crippen molar-refractivity contribution in [1.29, 1.82) is 0 Å². The van der Waals surface area contributed by atoms with Crippen molar-refractivity contribution in [3.05, 3.63) is 54.1 Å². The molecule has 0 fully saturated rings. The van der Waals surface area contributed by atoms with Crippen LogP contribution in [0.1, 0.15) is 32.3 Å². The highest BCUT2D eigenvalue weighted by atomic mass is 32.2. The monoisotopic (exact) mass is 338 g/mol. The van der Waals surface area contributed by atoms with E-state index in [0.717, 1.165) is 17.6 Å². The van der Waals surface area contributed by atoms with Crippen molar-refractivity contribution in [2.24, 2.45) is 5.41 Å². The predicted molar refractivity (Wildman–Crippen MR) is 97.1 cm³/mol. The van der Waals surface area contributed by atoms with Crippen LogP contribution in [0.15, 0.2) is 68.1 Å². The van der Waals surface area contributed by atoms with Gasteiger partial charge in [-0.3, -0.25) is 4.79 Å². The van der Waals surface area contributed by atoms with Crippen molar-refractivity contribution >= 4 is 34.9 Å². The molecule has 0 saturated carbocycles. The lowest BCUT2D eigenvalue weighted by Gasteiger charge is -2.28. The Morgan fingerprint density at radius 3 is 2.39 bits per heavy atom. The van der Waals surface area contributed by atoms with Gasteiger partial charge in [0.05, 0.1) is 0 Å².